The number of nitrogens with zero attached hydrogens (tertiary/aromatic N) is 3. The van der Waals surface area contributed by atoms with E-state index in [4.69, 9.17) is 0 Å². The number of carbonyl (C=O) groups excluding carboxylic acids is 1. The number of carbonyl (C=O) groups is 1. The second kappa shape index (κ2) is 7.74. The van der Waals surface area contributed by atoms with Crippen molar-refractivity contribution in [1.29, 1.82) is 0 Å². The molecular weight excluding hydrogens is 360 g/mol. The summed E-state index contributed by atoms with van der Waals surface area (Å²) in [6.07, 6.45) is 4.39. The van der Waals surface area contributed by atoms with Gasteiger partial charge in [0.15, 0.2) is 0 Å². The van der Waals surface area contributed by atoms with Gasteiger partial charge in [0.1, 0.15) is 0 Å². The monoisotopic (exact) mass is 386 g/mol. The number of rotatable bonds is 5. The van der Waals surface area contributed by atoms with E-state index in [-0.39, 0.29) is 11.8 Å². The number of para-hydroxylation sites is 1. The molecule has 2 aliphatic heterocycles. The molecule has 1 amide bonds. The van der Waals surface area contributed by atoms with Crippen LogP contribution in [0.15, 0.2) is 60.9 Å². The van der Waals surface area contributed by atoms with Gasteiger partial charge in [0.25, 0.3) is 0 Å². The van der Waals surface area contributed by atoms with Gasteiger partial charge in [-0.2, -0.15) is 0 Å². The van der Waals surface area contributed by atoms with E-state index in [2.05, 4.69) is 63.4 Å². The molecule has 5 nitrogen and oxygen atoms in total. The summed E-state index contributed by atoms with van der Waals surface area (Å²) >= 11 is 0. The van der Waals surface area contributed by atoms with Crippen molar-refractivity contribution < 1.29 is 4.79 Å². The Hall–Kier alpha value is -3.08. The molecule has 1 N–H and O–H groups in total. The highest BCUT2D eigenvalue weighted by Gasteiger charge is 2.29. The highest BCUT2D eigenvalue weighted by molar-refractivity contribution is 5.78. The molecule has 0 saturated heterocycles. The molecule has 2 aliphatic rings. The first kappa shape index (κ1) is 18.0. The third-order valence-corrected chi connectivity index (χ3v) is 6.19. The summed E-state index contributed by atoms with van der Waals surface area (Å²) in [7, 11) is 0. The van der Waals surface area contributed by atoms with Crippen LogP contribution in [0.2, 0.25) is 0 Å². The Bertz CT molecular complexity index is 1010. The molecule has 3 heterocycles. The molecule has 148 valence electrons. The molecule has 29 heavy (non-hydrogen) atoms. The van der Waals surface area contributed by atoms with E-state index in [1.807, 2.05) is 17.3 Å². The van der Waals surface area contributed by atoms with Crippen molar-refractivity contribution in [2.45, 2.75) is 38.3 Å². The fraction of sp³-hybridized carbons (Fsp3) is 0.333. The van der Waals surface area contributed by atoms with Crippen molar-refractivity contribution in [3.8, 4) is 0 Å². The van der Waals surface area contributed by atoms with E-state index >= 15 is 0 Å². The second-order valence-electron chi connectivity index (χ2n) is 8.00. The molecule has 0 bridgehead atoms. The maximum Gasteiger partial charge on any atom is 0.223 e. The Balaban J connectivity index is 1.21. The largest absolute Gasteiger partial charge is 0.384 e. The van der Waals surface area contributed by atoms with E-state index in [0.29, 0.717) is 13.0 Å². The van der Waals surface area contributed by atoms with Gasteiger partial charge in [0.05, 0.1) is 18.6 Å². The number of nitrogens with one attached hydrogen (secondary N) is 1. The molecule has 1 unspecified atom stereocenters. The smallest absolute Gasteiger partial charge is 0.223 e. The average molecular weight is 386 g/mol. The number of amides is 1. The van der Waals surface area contributed by atoms with Crippen LogP contribution in [0.3, 0.4) is 0 Å². The number of hydrogen-bond donors (Lipinski definition) is 1. The minimum absolute atomic E-state index is 0.234. The zero-order valence-electron chi connectivity index (χ0n) is 16.6. The second-order valence-corrected chi connectivity index (χ2v) is 8.00. The molecule has 5 heteroatoms. The lowest BCUT2D eigenvalue weighted by Gasteiger charge is -2.28. The lowest BCUT2D eigenvalue weighted by atomic mass is 9.97. The van der Waals surface area contributed by atoms with Crippen LogP contribution in [-0.4, -0.2) is 33.4 Å². The molecule has 0 aliphatic carbocycles. The maximum absolute atomic E-state index is 13.0. The summed E-state index contributed by atoms with van der Waals surface area (Å²) in [4.78, 5) is 19.6. The van der Waals surface area contributed by atoms with Gasteiger partial charge in [-0.25, -0.2) is 4.98 Å². The first-order valence-electron chi connectivity index (χ1n) is 10.5. The zero-order chi connectivity index (χ0) is 19.6. The van der Waals surface area contributed by atoms with E-state index in [9.17, 15) is 4.79 Å². The Labute approximate surface area is 171 Å². The third-order valence-electron chi connectivity index (χ3n) is 6.19. The summed E-state index contributed by atoms with van der Waals surface area (Å²) in [6, 6.07) is 18.9. The van der Waals surface area contributed by atoms with E-state index in [0.717, 1.165) is 38.2 Å². The number of benzene rings is 2. The quantitative estimate of drug-likeness (QED) is 0.729. The van der Waals surface area contributed by atoms with Gasteiger partial charge in [-0.15, -0.1) is 0 Å². The first-order valence-corrected chi connectivity index (χ1v) is 10.5. The number of aromatic nitrogens is 2. The topological polar surface area (TPSA) is 50.2 Å². The summed E-state index contributed by atoms with van der Waals surface area (Å²) in [5.41, 5.74) is 6.13. The highest BCUT2D eigenvalue weighted by atomic mass is 16.2. The number of fused-ring (bicyclic) bond motifs is 2. The number of hydrogen-bond acceptors (Lipinski definition) is 3. The Morgan fingerprint density at radius 1 is 1.10 bits per heavy atom. The predicted molar refractivity (Wildman–Crippen MR) is 114 cm³/mol. The molecule has 0 saturated carbocycles. The molecule has 0 radical (unpaired) electrons. The average Bonchev–Trinajstić information content (AvgIpc) is 3.37. The van der Waals surface area contributed by atoms with Gasteiger partial charge in [-0.05, 0) is 23.6 Å². The SMILES string of the molecule is O=C(CC1CNc2ccccc21)N1CCc2c(ncn2CCc2ccccc2)C1. The Morgan fingerprint density at radius 3 is 2.83 bits per heavy atom. The first-order chi connectivity index (χ1) is 14.3. The molecular formula is C24H26N4O. The Kier molecular flexibility index (Phi) is 4.80. The summed E-state index contributed by atoms with van der Waals surface area (Å²) in [5.74, 6) is 0.501. The van der Waals surface area contributed by atoms with Gasteiger partial charge in [-0.1, -0.05) is 48.5 Å². The number of anilines is 1. The van der Waals surface area contributed by atoms with E-state index < -0.39 is 0 Å². The minimum atomic E-state index is 0.234. The van der Waals surface area contributed by atoms with Crippen molar-refractivity contribution >= 4 is 11.6 Å². The zero-order valence-corrected chi connectivity index (χ0v) is 16.6. The highest BCUT2D eigenvalue weighted by Crippen LogP contribution is 2.34. The Morgan fingerprint density at radius 2 is 1.93 bits per heavy atom. The van der Waals surface area contributed by atoms with Crippen LogP contribution in [0, 0.1) is 0 Å². The lowest BCUT2D eigenvalue weighted by molar-refractivity contribution is -0.132. The fourth-order valence-electron chi connectivity index (χ4n) is 4.55. The van der Waals surface area contributed by atoms with Gasteiger partial charge in [0.2, 0.25) is 5.91 Å². The number of aryl methyl sites for hydroxylation is 2. The van der Waals surface area contributed by atoms with Gasteiger partial charge < -0.3 is 14.8 Å². The van der Waals surface area contributed by atoms with Crippen molar-refractivity contribution in [3.05, 3.63) is 83.4 Å². The standard InChI is InChI=1S/C24H26N4O/c29-24(14-19-15-25-21-9-5-4-8-20(19)21)27-13-11-23-22(16-27)26-17-28(23)12-10-18-6-2-1-3-7-18/h1-9,17,19,25H,10-16H2. The third kappa shape index (κ3) is 3.65. The summed E-state index contributed by atoms with van der Waals surface area (Å²) in [5, 5.41) is 3.42. The van der Waals surface area contributed by atoms with Gasteiger partial charge in [0, 0.05) is 49.8 Å². The van der Waals surface area contributed by atoms with Crippen molar-refractivity contribution in [2.75, 3.05) is 18.4 Å². The molecule has 1 atom stereocenters. The van der Waals surface area contributed by atoms with Crippen LogP contribution in [0.5, 0.6) is 0 Å². The van der Waals surface area contributed by atoms with E-state index in [1.165, 1.54) is 22.5 Å². The van der Waals surface area contributed by atoms with E-state index in [1.54, 1.807) is 0 Å². The molecule has 0 fully saturated rings. The normalized spacial score (nSPS) is 17.5. The fourth-order valence-corrected chi connectivity index (χ4v) is 4.55. The minimum Gasteiger partial charge on any atom is -0.384 e. The molecule has 5 rings (SSSR count). The lowest BCUT2D eigenvalue weighted by Crippen LogP contribution is -2.37. The molecule has 0 spiro atoms. The van der Waals surface area contributed by atoms with Crippen LogP contribution in [0.1, 0.15) is 34.9 Å². The van der Waals surface area contributed by atoms with Crippen LogP contribution in [0.4, 0.5) is 5.69 Å². The van der Waals surface area contributed by atoms with Crippen LogP contribution in [-0.2, 0) is 30.7 Å². The van der Waals surface area contributed by atoms with Crippen LogP contribution >= 0.6 is 0 Å². The number of imidazole rings is 1. The predicted octanol–water partition coefficient (Wildman–Crippen LogP) is 3.61. The molecule has 2 aromatic carbocycles. The van der Waals surface area contributed by atoms with Crippen LogP contribution in [0.25, 0.3) is 0 Å². The summed E-state index contributed by atoms with van der Waals surface area (Å²) in [6.45, 7) is 3.20. The van der Waals surface area contributed by atoms with Crippen molar-refractivity contribution in [2.24, 2.45) is 0 Å². The molecule has 3 aromatic rings. The van der Waals surface area contributed by atoms with Crippen LogP contribution < -0.4 is 5.32 Å². The summed E-state index contributed by atoms with van der Waals surface area (Å²) < 4.78 is 2.27. The maximum atomic E-state index is 13.0. The van der Waals surface area contributed by atoms with Crippen molar-refractivity contribution in [3.63, 3.8) is 0 Å². The van der Waals surface area contributed by atoms with Crippen molar-refractivity contribution in [1.82, 2.24) is 14.5 Å². The molecule has 1 aromatic heterocycles. The van der Waals surface area contributed by atoms with Gasteiger partial charge >= 0.3 is 0 Å². The van der Waals surface area contributed by atoms with Gasteiger partial charge in [-0.3, -0.25) is 4.79 Å².